The lowest BCUT2D eigenvalue weighted by atomic mass is 9.87. The molecular formula is C37H21NS2. The van der Waals surface area contributed by atoms with Crippen LogP contribution in [0.5, 0.6) is 0 Å². The predicted octanol–water partition coefficient (Wildman–Crippen LogP) is 11.3. The van der Waals surface area contributed by atoms with Gasteiger partial charge < -0.3 is 0 Å². The van der Waals surface area contributed by atoms with Gasteiger partial charge in [0, 0.05) is 51.5 Å². The van der Waals surface area contributed by atoms with Crippen molar-refractivity contribution < 1.29 is 0 Å². The number of hydrogen-bond acceptors (Lipinski definition) is 3. The highest BCUT2D eigenvalue weighted by Crippen LogP contribution is 2.42. The minimum absolute atomic E-state index is 0.706. The first kappa shape index (κ1) is 23.2. The molecule has 0 radical (unpaired) electrons. The minimum atomic E-state index is 0.706. The third kappa shape index (κ3) is 3.66. The molecule has 0 aliphatic rings. The van der Waals surface area contributed by atoms with Crippen molar-refractivity contribution in [1.82, 2.24) is 0 Å². The Morgan fingerprint density at radius 2 is 0.875 bits per heavy atom. The molecule has 0 unspecified atom stereocenters. The molecule has 8 aromatic rings. The second kappa shape index (κ2) is 9.17. The van der Waals surface area contributed by atoms with Gasteiger partial charge in [0.05, 0.1) is 5.56 Å². The minimum Gasteiger partial charge on any atom is -0.192 e. The normalized spacial score (nSPS) is 11.5. The van der Waals surface area contributed by atoms with Gasteiger partial charge in [-0.15, -0.1) is 22.7 Å². The van der Waals surface area contributed by atoms with Gasteiger partial charge in [-0.3, -0.25) is 0 Å². The Kier molecular flexibility index (Phi) is 5.31. The summed E-state index contributed by atoms with van der Waals surface area (Å²) in [6.07, 6.45) is 0. The highest BCUT2D eigenvalue weighted by molar-refractivity contribution is 7.26. The summed E-state index contributed by atoms with van der Waals surface area (Å²) in [6, 6.07) is 47.8. The molecule has 2 aromatic heterocycles. The van der Waals surface area contributed by atoms with Gasteiger partial charge in [0.25, 0.3) is 0 Å². The summed E-state index contributed by atoms with van der Waals surface area (Å²) in [4.78, 5) is 0. The lowest BCUT2D eigenvalue weighted by Crippen LogP contribution is -1.93. The third-order valence-electron chi connectivity index (χ3n) is 7.73. The molecule has 0 bridgehead atoms. The van der Waals surface area contributed by atoms with E-state index in [9.17, 15) is 5.26 Å². The van der Waals surface area contributed by atoms with Gasteiger partial charge in [0.15, 0.2) is 0 Å². The van der Waals surface area contributed by atoms with Crippen LogP contribution < -0.4 is 0 Å². The van der Waals surface area contributed by atoms with Crippen LogP contribution in [0.25, 0.3) is 73.7 Å². The van der Waals surface area contributed by atoms with E-state index in [-0.39, 0.29) is 0 Å². The number of benzene rings is 6. The summed E-state index contributed by atoms with van der Waals surface area (Å²) in [6.45, 7) is 0. The monoisotopic (exact) mass is 543 g/mol. The number of thiophene rings is 2. The Bertz CT molecular complexity index is 2140. The van der Waals surface area contributed by atoms with E-state index < -0.39 is 0 Å². The number of fused-ring (bicyclic) bond motifs is 6. The van der Waals surface area contributed by atoms with E-state index in [0.717, 1.165) is 33.4 Å². The van der Waals surface area contributed by atoms with E-state index in [1.165, 1.54) is 40.3 Å². The van der Waals surface area contributed by atoms with Crippen LogP contribution in [-0.2, 0) is 0 Å². The second-order valence-corrected chi connectivity index (χ2v) is 12.2. The Morgan fingerprint density at radius 3 is 1.40 bits per heavy atom. The largest absolute Gasteiger partial charge is 0.192 e. The molecule has 1 nitrogen and oxygen atoms in total. The Balaban J connectivity index is 1.41. The van der Waals surface area contributed by atoms with Gasteiger partial charge in [-0.1, -0.05) is 78.9 Å². The number of nitrogens with zero attached hydrogens (tertiary/aromatic N) is 1. The van der Waals surface area contributed by atoms with Crippen LogP contribution in [0.3, 0.4) is 0 Å². The molecule has 8 rings (SSSR count). The van der Waals surface area contributed by atoms with Gasteiger partial charge in [-0.2, -0.15) is 5.26 Å². The summed E-state index contributed by atoms with van der Waals surface area (Å²) in [7, 11) is 0. The SMILES string of the molecule is N#Cc1c(-c2ccc3sc4ccccc4c3c2)cc(-c2ccccc2)cc1-c1ccc2sc3ccccc3c2c1. The van der Waals surface area contributed by atoms with Crippen molar-refractivity contribution in [1.29, 1.82) is 5.26 Å². The zero-order valence-electron chi connectivity index (χ0n) is 21.4. The molecule has 186 valence electrons. The zero-order valence-corrected chi connectivity index (χ0v) is 23.0. The highest BCUT2D eigenvalue weighted by atomic mass is 32.1. The first-order chi connectivity index (χ1) is 19.8. The molecule has 0 fully saturated rings. The highest BCUT2D eigenvalue weighted by Gasteiger charge is 2.17. The lowest BCUT2D eigenvalue weighted by Gasteiger charge is -2.15. The lowest BCUT2D eigenvalue weighted by molar-refractivity contribution is 1.47. The van der Waals surface area contributed by atoms with E-state index in [1.54, 1.807) is 0 Å². The van der Waals surface area contributed by atoms with Crippen LogP contribution in [-0.4, -0.2) is 0 Å². The van der Waals surface area contributed by atoms with Crippen molar-refractivity contribution in [3.63, 3.8) is 0 Å². The molecule has 0 aliphatic carbocycles. The smallest absolute Gasteiger partial charge is 0.100 e. The first-order valence-corrected chi connectivity index (χ1v) is 14.9. The maximum atomic E-state index is 10.6. The molecule has 0 amide bonds. The molecule has 0 aliphatic heterocycles. The van der Waals surface area contributed by atoms with Crippen molar-refractivity contribution in [3.8, 4) is 39.4 Å². The molecule has 0 spiro atoms. The molecule has 6 aromatic carbocycles. The van der Waals surface area contributed by atoms with Crippen LogP contribution in [0.1, 0.15) is 5.56 Å². The van der Waals surface area contributed by atoms with E-state index in [4.69, 9.17) is 0 Å². The fourth-order valence-corrected chi connectivity index (χ4v) is 7.98. The molecule has 3 heteroatoms. The van der Waals surface area contributed by atoms with Crippen LogP contribution >= 0.6 is 22.7 Å². The van der Waals surface area contributed by atoms with E-state index in [2.05, 4.69) is 127 Å². The molecular weight excluding hydrogens is 523 g/mol. The third-order valence-corrected chi connectivity index (χ3v) is 10.0. The molecule has 0 saturated carbocycles. The summed E-state index contributed by atoms with van der Waals surface area (Å²) in [5, 5.41) is 15.6. The fraction of sp³-hybridized carbons (Fsp3) is 0. The van der Waals surface area contributed by atoms with Gasteiger partial charge in [-0.05, 0) is 70.8 Å². The molecule has 0 N–H and O–H groups in total. The standard InChI is InChI=1S/C37H21NS2/c38-22-33-29(24-14-16-36-31(18-24)27-10-4-6-12-34(27)39-36)20-26(23-8-2-1-3-9-23)21-30(33)25-15-17-37-32(19-25)28-11-5-7-13-35(28)40-37/h1-21H. The molecule has 0 atom stereocenters. The molecule has 0 saturated heterocycles. The van der Waals surface area contributed by atoms with Crippen molar-refractivity contribution in [2.75, 3.05) is 0 Å². The van der Waals surface area contributed by atoms with E-state index in [0.29, 0.717) is 5.56 Å². The van der Waals surface area contributed by atoms with Gasteiger partial charge in [0.2, 0.25) is 0 Å². The van der Waals surface area contributed by atoms with Crippen LogP contribution in [0.4, 0.5) is 0 Å². The summed E-state index contributed by atoms with van der Waals surface area (Å²) in [5.74, 6) is 0. The van der Waals surface area contributed by atoms with Crippen molar-refractivity contribution in [2.24, 2.45) is 0 Å². The number of nitriles is 1. The average molecular weight is 544 g/mol. The van der Waals surface area contributed by atoms with Crippen LogP contribution in [0, 0.1) is 11.3 Å². The average Bonchev–Trinajstić information content (AvgIpc) is 3.58. The van der Waals surface area contributed by atoms with E-state index >= 15 is 0 Å². The quantitative estimate of drug-likeness (QED) is 0.217. The summed E-state index contributed by atoms with van der Waals surface area (Å²) >= 11 is 3.63. The van der Waals surface area contributed by atoms with Crippen LogP contribution in [0.15, 0.2) is 127 Å². The van der Waals surface area contributed by atoms with Crippen molar-refractivity contribution in [2.45, 2.75) is 0 Å². The van der Waals surface area contributed by atoms with Crippen molar-refractivity contribution >= 4 is 63.0 Å². The topological polar surface area (TPSA) is 23.8 Å². The Labute approximate surface area is 239 Å². The summed E-state index contributed by atoms with van der Waals surface area (Å²) in [5.41, 5.74) is 7.01. The number of hydrogen-bond donors (Lipinski definition) is 0. The van der Waals surface area contributed by atoms with E-state index in [1.807, 2.05) is 28.7 Å². The summed E-state index contributed by atoms with van der Waals surface area (Å²) < 4.78 is 5.09. The zero-order chi connectivity index (χ0) is 26.6. The Morgan fingerprint density at radius 1 is 0.400 bits per heavy atom. The van der Waals surface area contributed by atoms with Crippen molar-refractivity contribution in [3.05, 3.63) is 133 Å². The fourth-order valence-electron chi connectivity index (χ4n) is 5.80. The second-order valence-electron chi connectivity index (χ2n) is 10.0. The number of rotatable bonds is 3. The van der Waals surface area contributed by atoms with Gasteiger partial charge >= 0.3 is 0 Å². The van der Waals surface area contributed by atoms with Crippen LogP contribution in [0.2, 0.25) is 0 Å². The molecule has 2 heterocycles. The Hall–Kier alpha value is -4.75. The maximum absolute atomic E-state index is 10.6. The van der Waals surface area contributed by atoms with Gasteiger partial charge in [-0.25, -0.2) is 0 Å². The predicted molar refractivity (Wildman–Crippen MR) is 173 cm³/mol. The first-order valence-electron chi connectivity index (χ1n) is 13.2. The van der Waals surface area contributed by atoms with Gasteiger partial charge in [0.1, 0.15) is 6.07 Å². The maximum Gasteiger partial charge on any atom is 0.100 e. The molecule has 40 heavy (non-hydrogen) atoms.